The van der Waals surface area contributed by atoms with Crippen LogP contribution in [0.5, 0.6) is 11.5 Å². The number of ether oxygens (including phenoxy) is 2. The van der Waals surface area contributed by atoms with Gasteiger partial charge in [0.05, 0.1) is 6.04 Å². The Balaban J connectivity index is 2.11. The minimum Gasteiger partial charge on any atom is -0.459 e. The van der Waals surface area contributed by atoms with Crippen molar-refractivity contribution >= 4 is 11.0 Å². The van der Waals surface area contributed by atoms with E-state index in [0.29, 0.717) is 6.79 Å². The third-order valence-electron chi connectivity index (χ3n) is 3.37. The highest BCUT2D eigenvalue weighted by Crippen LogP contribution is 2.39. The number of furan rings is 1. The Morgan fingerprint density at radius 3 is 2.72 bits per heavy atom. The fraction of sp³-hybridized carbons (Fsp3) is 0.429. The Morgan fingerprint density at radius 2 is 2.00 bits per heavy atom. The second-order valence-corrected chi connectivity index (χ2v) is 4.57. The molecule has 0 aliphatic carbocycles. The van der Waals surface area contributed by atoms with Crippen molar-refractivity contribution in [3.63, 3.8) is 0 Å². The molecule has 1 aromatic carbocycles. The van der Waals surface area contributed by atoms with Crippen molar-refractivity contribution in [1.82, 2.24) is 5.32 Å². The van der Waals surface area contributed by atoms with Gasteiger partial charge < -0.3 is 19.2 Å². The molecule has 0 spiro atoms. The highest BCUT2D eigenvalue weighted by atomic mass is 16.7. The second kappa shape index (κ2) is 4.21. The molecule has 0 radical (unpaired) electrons. The number of hydrogen-bond acceptors (Lipinski definition) is 4. The molecule has 18 heavy (non-hydrogen) atoms. The SMILES string of the molecule is CCNC(C)c1oc2cc3c(cc2c1C)OCO3. The predicted molar refractivity (Wildman–Crippen MR) is 69.2 cm³/mol. The topological polar surface area (TPSA) is 43.6 Å². The maximum absolute atomic E-state index is 5.94. The van der Waals surface area contributed by atoms with Crippen LogP contribution in [0, 0.1) is 6.92 Å². The van der Waals surface area contributed by atoms with Crippen molar-refractivity contribution in [2.75, 3.05) is 13.3 Å². The zero-order valence-corrected chi connectivity index (χ0v) is 10.9. The lowest BCUT2D eigenvalue weighted by atomic mass is 10.1. The van der Waals surface area contributed by atoms with Gasteiger partial charge in [-0.3, -0.25) is 0 Å². The van der Waals surface area contributed by atoms with Crippen LogP contribution in [-0.4, -0.2) is 13.3 Å². The zero-order chi connectivity index (χ0) is 12.7. The van der Waals surface area contributed by atoms with Gasteiger partial charge >= 0.3 is 0 Å². The predicted octanol–water partition coefficient (Wildman–Crippen LogP) is 3.14. The summed E-state index contributed by atoms with van der Waals surface area (Å²) >= 11 is 0. The minimum absolute atomic E-state index is 0.207. The second-order valence-electron chi connectivity index (χ2n) is 4.57. The number of rotatable bonds is 3. The summed E-state index contributed by atoms with van der Waals surface area (Å²) in [5.74, 6) is 2.54. The standard InChI is InChI=1S/C14H17NO3/c1-4-15-9(3)14-8(2)10-5-12-13(17-7-16-12)6-11(10)18-14/h5-6,9,15H,4,7H2,1-3H3. The van der Waals surface area contributed by atoms with Crippen molar-refractivity contribution in [3.8, 4) is 11.5 Å². The Hall–Kier alpha value is -1.68. The fourth-order valence-corrected chi connectivity index (χ4v) is 2.44. The molecular formula is C14H17NO3. The molecule has 0 amide bonds. The van der Waals surface area contributed by atoms with Crippen LogP contribution in [-0.2, 0) is 0 Å². The van der Waals surface area contributed by atoms with Gasteiger partial charge in [0.25, 0.3) is 0 Å². The average Bonchev–Trinajstić information content (AvgIpc) is 2.92. The van der Waals surface area contributed by atoms with Crippen LogP contribution in [0.25, 0.3) is 11.0 Å². The molecule has 96 valence electrons. The highest BCUT2D eigenvalue weighted by Gasteiger charge is 2.21. The highest BCUT2D eigenvalue weighted by molar-refractivity contribution is 5.86. The van der Waals surface area contributed by atoms with Crippen molar-refractivity contribution in [2.45, 2.75) is 26.8 Å². The summed E-state index contributed by atoms with van der Waals surface area (Å²) < 4.78 is 16.7. The summed E-state index contributed by atoms with van der Waals surface area (Å²) in [4.78, 5) is 0. The number of aryl methyl sites for hydroxylation is 1. The van der Waals surface area contributed by atoms with Gasteiger partial charge in [-0.15, -0.1) is 0 Å². The lowest BCUT2D eigenvalue weighted by molar-refractivity contribution is 0.174. The van der Waals surface area contributed by atoms with E-state index in [1.165, 1.54) is 0 Å². The van der Waals surface area contributed by atoms with E-state index in [1.54, 1.807) is 0 Å². The molecule has 0 saturated heterocycles. The molecular weight excluding hydrogens is 230 g/mol. The lowest BCUT2D eigenvalue weighted by Crippen LogP contribution is -2.17. The first-order valence-electron chi connectivity index (χ1n) is 6.26. The maximum atomic E-state index is 5.94. The largest absolute Gasteiger partial charge is 0.459 e. The molecule has 1 N–H and O–H groups in total. The van der Waals surface area contributed by atoms with Gasteiger partial charge in [0.1, 0.15) is 11.3 Å². The lowest BCUT2D eigenvalue weighted by Gasteiger charge is -2.09. The number of fused-ring (bicyclic) bond motifs is 2. The van der Waals surface area contributed by atoms with Crippen molar-refractivity contribution in [1.29, 1.82) is 0 Å². The smallest absolute Gasteiger partial charge is 0.231 e. The minimum atomic E-state index is 0.207. The first-order chi connectivity index (χ1) is 8.70. The van der Waals surface area contributed by atoms with Crippen molar-refractivity contribution in [2.24, 2.45) is 0 Å². The molecule has 3 rings (SSSR count). The Bertz CT molecular complexity index is 588. The van der Waals surface area contributed by atoms with Gasteiger partial charge in [-0.1, -0.05) is 6.92 Å². The monoisotopic (exact) mass is 247 g/mol. The van der Waals surface area contributed by atoms with E-state index in [9.17, 15) is 0 Å². The summed E-state index contributed by atoms with van der Waals surface area (Å²) in [6.07, 6.45) is 0. The summed E-state index contributed by atoms with van der Waals surface area (Å²) in [5.41, 5.74) is 2.02. The molecule has 4 nitrogen and oxygen atoms in total. The summed E-state index contributed by atoms with van der Waals surface area (Å²) in [6.45, 7) is 7.48. The Morgan fingerprint density at radius 1 is 1.28 bits per heavy atom. The summed E-state index contributed by atoms with van der Waals surface area (Å²) in [7, 11) is 0. The van der Waals surface area contributed by atoms with Gasteiger partial charge in [-0.2, -0.15) is 0 Å². The molecule has 0 saturated carbocycles. The van der Waals surface area contributed by atoms with Crippen LogP contribution < -0.4 is 14.8 Å². The van der Waals surface area contributed by atoms with Crippen molar-refractivity contribution in [3.05, 3.63) is 23.5 Å². The molecule has 1 aliphatic rings. The van der Waals surface area contributed by atoms with Crippen LogP contribution in [0.1, 0.15) is 31.2 Å². The fourth-order valence-electron chi connectivity index (χ4n) is 2.44. The van der Waals surface area contributed by atoms with E-state index in [-0.39, 0.29) is 6.04 Å². The van der Waals surface area contributed by atoms with E-state index in [1.807, 2.05) is 12.1 Å². The normalized spacial score (nSPS) is 15.3. The number of benzene rings is 1. The third-order valence-corrected chi connectivity index (χ3v) is 3.37. The molecule has 1 atom stereocenters. The number of nitrogens with one attached hydrogen (secondary N) is 1. The molecule has 0 bridgehead atoms. The molecule has 1 aromatic heterocycles. The third kappa shape index (κ3) is 1.64. The van der Waals surface area contributed by atoms with E-state index in [0.717, 1.165) is 40.3 Å². The van der Waals surface area contributed by atoms with E-state index in [4.69, 9.17) is 13.9 Å². The van der Waals surface area contributed by atoms with Crippen LogP contribution >= 0.6 is 0 Å². The summed E-state index contributed by atoms with van der Waals surface area (Å²) in [6, 6.07) is 4.12. The zero-order valence-electron chi connectivity index (χ0n) is 10.9. The van der Waals surface area contributed by atoms with Gasteiger partial charge in [0, 0.05) is 17.0 Å². The van der Waals surface area contributed by atoms with E-state index in [2.05, 4.69) is 26.1 Å². The Kier molecular flexibility index (Phi) is 2.67. The summed E-state index contributed by atoms with van der Waals surface area (Å²) in [5, 5.41) is 4.46. The van der Waals surface area contributed by atoms with E-state index >= 15 is 0 Å². The van der Waals surface area contributed by atoms with Crippen LogP contribution in [0.15, 0.2) is 16.5 Å². The molecule has 1 aliphatic heterocycles. The Labute approximate surface area is 106 Å². The van der Waals surface area contributed by atoms with Gasteiger partial charge in [-0.25, -0.2) is 0 Å². The molecule has 1 unspecified atom stereocenters. The van der Waals surface area contributed by atoms with Gasteiger partial charge in [0.2, 0.25) is 6.79 Å². The quantitative estimate of drug-likeness (QED) is 0.904. The van der Waals surface area contributed by atoms with Crippen LogP contribution in [0.2, 0.25) is 0 Å². The van der Waals surface area contributed by atoms with E-state index < -0.39 is 0 Å². The maximum Gasteiger partial charge on any atom is 0.231 e. The van der Waals surface area contributed by atoms with Gasteiger partial charge in [-0.05, 0) is 26.5 Å². The average molecular weight is 247 g/mol. The first-order valence-corrected chi connectivity index (χ1v) is 6.26. The molecule has 4 heteroatoms. The van der Waals surface area contributed by atoms with Gasteiger partial charge in [0.15, 0.2) is 11.5 Å². The van der Waals surface area contributed by atoms with Crippen LogP contribution in [0.4, 0.5) is 0 Å². The molecule has 2 aromatic rings. The molecule has 0 fully saturated rings. The van der Waals surface area contributed by atoms with Crippen molar-refractivity contribution < 1.29 is 13.9 Å². The molecule has 2 heterocycles. The first kappa shape index (κ1) is 11.4. The number of hydrogen-bond donors (Lipinski definition) is 1. The van der Waals surface area contributed by atoms with Crippen LogP contribution in [0.3, 0.4) is 0 Å².